The number of imidazole rings is 1. The van der Waals surface area contributed by atoms with Gasteiger partial charge in [-0.2, -0.15) is 0 Å². The lowest BCUT2D eigenvalue weighted by Crippen LogP contribution is -2.30. The maximum Gasteiger partial charge on any atom is 0.261 e. The van der Waals surface area contributed by atoms with Crippen LogP contribution in [0.15, 0.2) is 89.7 Å². The Balaban J connectivity index is 1.53. The minimum atomic E-state index is -0.350. The number of hydrogen-bond acceptors (Lipinski definition) is 4. The number of hydrogen-bond donors (Lipinski definition) is 0. The van der Waals surface area contributed by atoms with E-state index in [0.717, 1.165) is 4.47 Å². The quantitative estimate of drug-likeness (QED) is 0.304. The SMILES string of the molecule is O=C(c1ccccc1)c1cc(Br)ccc1-n1ccnc1CN1C(=O)c2ccccc2C1=O. The van der Waals surface area contributed by atoms with Crippen molar-refractivity contribution in [2.24, 2.45) is 0 Å². The predicted molar refractivity (Wildman–Crippen MR) is 122 cm³/mol. The molecule has 3 aromatic carbocycles. The van der Waals surface area contributed by atoms with Crippen molar-refractivity contribution in [1.29, 1.82) is 0 Å². The molecule has 0 fully saturated rings. The lowest BCUT2D eigenvalue weighted by molar-refractivity contribution is 0.0637. The molecule has 0 atom stereocenters. The fourth-order valence-corrected chi connectivity index (χ4v) is 4.20. The third kappa shape index (κ3) is 3.36. The second-order valence-corrected chi connectivity index (χ2v) is 8.23. The molecule has 0 unspecified atom stereocenters. The van der Waals surface area contributed by atoms with Crippen LogP contribution in [-0.2, 0) is 6.54 Å². The van der Waals surface area contributed by atoms with E-state index in [4.69, 9.17) is 0 Å². The summed E-state index contributed by atoms with van der Waals surface area (Å²) in [5.41, 5.74) is 2.44. The van der Waals surface area contributed by atoms with Crippen LogP contribution >= 0.6 is 15.9 Å². The van der Waals surface area contributed by atoms with Crippen molar-refractivity contribution < 1.29 is 14.4 Å². The molecule has 1 aromatic heterocycles. The minimum absolute atomic E-state index is 0.00558. The zero-order chi connectivity index (χ0) is 22.2. The summed E-state index contributed by atoms with van der Waals surface area (Å²) in [7, 11) is 0. The van der Waals surface area contributed by atoms with Crippen LogP contribution in [0.25, 0.3) is 5.69 Å². The van der Waals surface area contributed by atoms with Gasteiger partial charge in [-0.25, -0.2) is 4.98 Å². The van der Waals surface area contributed by atoms with Gasteiger partial charge in [0.05, 0.1) is 23.4 Å². The van der Waals surface area contributed by atoms with E-state index < -0.39 is 0 Å². The minimum Gasteiger partial charge on any atom is -0.302 e. The van der Waals surface area contributed by atoms with Gasteiger partial charge < -0.3 is 4.57 Å². The summed E-state index contributed by atoms with van der Waals surface area (Å²) in [4.78, 5) is 44.4. The molecular weight excluding hydrogens is 470 g/mol. The van der Waals surface area contributed by atoms with Gasteiger partial charge in [0.1, 0.15) is 5.82 Å². The number of ketones is 1. The molecule has 0 N–H and O–H groups in total. The zero-order valence-corrected chi connectivity index (χ0v) is 18.3. The van der Waals surface area contributed by atoms with E-state index in [1.54, 1.807) is 59.4 Å². The summed E-state index contributed by atoms with van der Waals surface area (Å²) < 4.78 is 2.51. The molecule has 0 radical (unpaired) electrons. The third-order valence-electron chi connectivity index (χ3n) is 5.39. The summed E-state index contributed by atoms with van der Waals surface area (Å²) in [6.45, 7) is -0.00558. The summed E-state index contributed by atoms with van der Waals surface area (Å²) in [6, 6.07) is 21.2. The van der Waals surface area contributed by atoms with Gasteiger partial charge in [0.2, 0.25) is 0 Å². The Hall–Kier alpha value is -3.84. The first kappa shape index (κ1) is 20.1. The highest BCUT2D eigenvalue weighted by Crippen LogP contribution is 2.27. The van der Waals surface area contributed by atoms with Gasteiger partial charge in [0, 0.05) is 28.0 Å². The lowest BCUT2D eigenvalue weighted by atomic mass is 10.0. The van der Waals surface area contributed by atoms with Gasteiger partial charge in [-0.3, -0.25) is 19.3 Å². The van der Waals surface area contributed by atoms with Crippen molar-refractivity contribution in [2.45, 2.75) is 6.54 Å². The standard InChI is InChI=1S/C25H16BrN3O3/c26-17-10-11-21(20(14-17)23(30)16-6-2-1-3-7-16)28-13-12-27-22(28)15-29-24(31)18-8-4-5-9-19(18)25(29)32/h1-14H,15H2. The zero-order valence-electron chi connectivity index (χ0n) is 16.7. The fourth-order valence-electron chi connectivity index (χ4n) is 3.84. The van der Waals surface area contributed by atoms with Crippen LogP contribution in [0, 0.1) is 0 Å². The van der Waals surface area contributed by atoms with Crippen molar-refractivity contribution in [1.82, 2.24) is 14.5 Å². The Labute approximate surface area is 192 Å². The maximum atomic E-state index is 13.3. The van der Waals surface area contributed by atoms with E-state index >= 15 is 0 Å². The molecule has 4 aromatic rings. The second-order valence-electron chi connectivity index (χ2n) is 7.31. The normalized spacial score (nSPS) is 12.8. The molecule has 0 bridgehead atoms. The first-order chi connectivity index (χ1) is 15.5. The molecule has 156 valence electrons. The van der Waals surface area contributed by atoms with Crippen LogP contribution in [0.4, 0.5) is 0 Å². The van der Waals surface area contributed by atoms with Gasteiger partial charge in [0.15, 0.2) is 5.78 Å². The van der Waals surface area contributed by atoms with Crippen LogP contribution in [0.1, 0.15) is 42.5 Å². The van der Waals surface area contributed by atoms with Gasteiger partial charge in [-0.05, 0) is 30.3 Å². The topological polar surface area (TPSA) is 72.3 Å². The summed E-state index contributed by atoms with van der Waals surface area (Å²) in [6.07, 6.45) is 3.31. The molecule has 2 amide bonds. The number of imide groups is 1. The van der Waals surface area contributed by atoms with E-state index in [1.807, 2.05) is 30.3 Å². The van der Waals surface area contributed by atoms with E-state index in [-0.39, 0.29) is 24.1 Å². The van der Waals surface area contributed by atoms with Crippen molar-refractivity contribution in [3.63, 3.8) is 0 Å². The molecule has 2 heterocycles. The van der Waals surface area contributed by atoms with E-state index in [2.05, 4.69) is 20.9 Å². The number of halogens is 1. The Morgan fingerprint density at radius 1 is 0.875 bits per heavy atom. The Bertz CT molecular complexity index is 1340. The highest BCUT2D eigenvalue weighted by Gasteiger charge is 2.36. The van der Waals surface area contributed by atoms with Crippen molar-refractivity contribution in [3.05, 3.63) is 118 Å². The number of amides is 2. The van der Waals surface area contributed by atoms with Gasteiger partial charge in [0.25, 0.3) is 11.8 Å². The average Bonchev–Trinajstić information content (AvgIpc) is 3.38. The van der Waals surface area contributed by atoms with E-state index in [9.17, 15) is 14.4 Å². The van der Waals surface area contributed by atoms with Gasteiger partial charge >= 0.3 is 0 Å². The number of fused-ring (bicyclic) bond motifs is 1. The molecule has 1 aliphatic heterocycles. The first-order valence-corrected chi connectivity index (χ1v) is 10.7. The van der Waals surface area contributed by atoms with Crippen LogP contribution in [0.3, 0.4) is 0 Å². The predicted octanol–water partition coefficient (Wildman–Crippen LogP) is 4.66. The maximum absolute atomic E-state index is 13.3. The molecule has 0 saturated carbocycles. The summed E-state index contributed by atoms with van der Waals surface area (Å²) in [5, 5.41) is 0. The molecule has 6 nitrogen and oxygen atoms in total. The Morgan fingerprint density at radius 3 is 2.22 bits per heavy atom. The highest BCUT2D eigenvalue weighted by atomic mass is 79.9. The largest absolute Gasteiger partial charge is 0.302 e. The van der Waals surface area contributed by atoms with Gasteiger partial charge in [-0.15, -0.1) is 0 Å². The number of carbonyl (C=O) groups is 3. The van der Waals surface area contributed by atoms with Gasteiger partial charge in [-0.1, -0.05) is 58.4 Å². The number of nitrogens with zero attached hydrogens (tertiary/aromatic N) is 3. The fraction of sp³-hybridized carbons (Fsp3) is 0.0400. The number of carbonyl (C=O) groups excluding carboxylic acids is 3. The summed E-state index contributed by atoms with van der Waals surface area (Å²) in [5.74, 6) is -0.362. The van der Waals surface area contributed by atoms with Crippen molar-refractivity contribution in [2.75, 3.05) is 0 Å². The van der Waals surface area contributed by atoms with E-state index in [1.165, 1.54) is 4.90 Å². The van der Waals surface area contributed by atoms with Crippen LogP contribution < -0.4 is 0 Å². The second kappa shape index (κ2) is 8.01. The molecule has 32 heavy (non-hydrogen) atoms. The van der Waals surface area contributed by atoms with Crippen LogP contribution in [0.5, 0.6) is 0 Å². The smallest absolute Gasteiger partial charge is 0.261 e. The molecule has 1 aliphatic rings. The highest BCUT2D eigenvalue weighted by molar-refractivity contribution is 9.10. The Kier molecular flexibility index (Phi) is 5.03. The van der Waals surface area contributed by atoms with Crippen LogP contribution in [-0.4, -0.2) is 32.0 Å². The molecule has 5 rings (SSSR count). The average molecular weight is 486 g/mol. The van der Waals surface area contributed by atoms with Crippen molar-refractivity contribution in [3.8, 4) is 5.69 Å². The molecule has 0 aliphatic carbocycles. The first-order valence-electron chi connectivity index (χ1n) is 9.91. The number of rotatable bonds is 5. The third-order valence-corrected chi connectivity index (χ3v) is 5.89. The lowest BCUT2D eigenvalue weighted by Gasteiger charge is -2.17. The molecule has 7 heteroatoms. The molecule has 0 spiro atoms. The van der Waals surface area contributed by atoms with Crippen molar-refractivity contribution >= 4 is 33.5 Å². The number of benzene rings is 3. The number of aromatic nitrogens is 2. The molecule has 0 saturated heterocycles. The summed E-state index contributed by atoms with van der Waals surface area (Å²) >= 11 is 3.45. The molecular formula is C25H16BrN3O3. The van der Waals surface area contributed by atoms with E-state index in [0.29, 0.717) is 33.8 Å². The Morgan fingerprint density at radius 2 is 1.53 bits per heavy atom. The van der Waals surface area contributed by atoms with Crippen LogP contribution in [0.2, 0.25) is 0 Å². The monoisotopic (exact) mass is 485 g/mol.